The van der Waals surface area contributed by atoms with E-state index in [1.807, 2.05) is 12.1 Å². The molecule has 3 aromatic heterocycles. The summed E-state index contributed by atoms with van der Waals surface area (Å²) in [6, 6.07) is 8.13. The quantitative estimate of drug-likeness (QED) is 0.432. The van der Waals surface area contributed by atoms with Crippen molar-refractivity contribution in [1.29, 1.82) is 0 Å². The fourth-order valence-corrected chi connectivity index (χ4v) is 3.37. The van der Waals surface area contributed by atoms with Gasteiger partial charge in [-0.1, -0.05) is 11.3 Å². The summed E-state index contributed by atoms with van der Waals surface area (Å²) in [4.78, 5) is 6.82. The summed E-state index contributed by atoms with van der Waals surface area (Å²) in [5.41, 5.74) is 3.03. The Morgan fingerprint density at radius 2 is 1.84 bits per heavy atom. The van der Waals surface area contributed by atoms with Crippen LogP contribution in [0.4, 0.5) is 13.2 Å². The molecule has 0 spiro atoms. The fourth-order valence-electron chi connectivity index (χ4n) is 3.37. The van der Waals surface area contributed by atoms with E-state index in [2.05, 4.69) is 30.4 Å². The van der Waals surface area contributed by atoms with Gasteiger partial charge in [0.05, 0.1) is 18.4 Å². The van der Waals surface area contributed by atoms with E-state index in [1.54, 1.807) is 12.4 Å². The molecule has 11 heteroatoms. The lowest BCUT2D eigenvalue weighted by molar-refractivity contribution is 0.116. The molecule has 0 amide bonds. The maximum atomic E-state index is 14.6. The number of rotatable bonds is 7. The molecule has 1 aliphatic heterocycles. The van der Waals surface area contributed by atoms with E-state index in [0.29, 0.717) is 11.3 Å². The highest BCUT2D eigenvalue weighted by atomic mass is 19.3. The molecule has 32 heavy (non-hydrogen) atoms. The van der Waals surface area contributed by atoms with Crippen LogP contribution in [0.25, 0.3) is 22.7 Å². The smallest absolute Gasteiger partial charge is 0.314 e. The number of pyridine rings is 1. The molecule has 1 saturated heterocycles. The largest absolute Gasteiger partial charge is 0.415 e. The molecule has 1 aliphatic rings. The molecule has 8 nitrogen and oxygen atoms in total. The molecular formula is C21H18F3N7O. The topological polar surface area (TPSA) is 85.8 Å². The minimum Gasteiger partial charge on any atom is -0.415 e. The summed E-state index contributed by atoms with van der Waals surface area (Å²) in [6.07, 6.45) is 1.83. The third kappa shape index (κ3) is 4.24. The van der Waals surface area contributed by atoms with E-state index in [9.17, 15) is 13.2 Å². The molecule has 0 bridgehead atoms. The maximum Gasteiger partial charge on any atom is 0.314 e. The van der Waals surface area contributed by atoms with Crippen LogP contribution in [0, 0.1) is 5.82 Å². The van der Waals surface area contributed by atoms with Gasteiger partial charge in [0.15, 0.2) is 0 Å². The summed E-state index contributed by atoms with van der Waals surface area (Å²) in [5, 5.41) is 15.0. The van der Waals surface area contributed by atoms with Gasteiger partial charge in [-0.15, -0.1) is 15.3 Å². The molecule has 4 heterocycles. The highest BCUT2D eigenvalue weighted by molar-refractivity contribution is 5.56. The van der Waals surface area contributed by atoms with E-state index in [0.717, 1.165) is 37.0 Å². The summed E-state index contributed by atoms with van der Waals surface area (Å²) in [7, 11) is 0. The van der Waals surface area contributed by atoms with Crippen molar-refractivity contribution in [2.45, 2.75) is 25.9 Å². The Morgan fingerprint density at radius 3 is 2.50 bits per heavy atom. The summed E-state index contributed by atoms with van der Waals surface area (Å²) in [5.74, 6) is -1.52. The van der Waals surface area contributed by atoms with Crippen LogP contribution in [-0.4, -0.2) is 48.2 Å². The zero-order chi connectivity index (χ0) is 22.1. The van der Waals surface area contributed by atoms with Crippen LogP contribution in [-0.2, 0) is 13.1 Å². The van der Waals surface area contributed by atoms with Crippen molar-refractivity contribution in [3.05, 3.63) is 65.7 Å². The first-order valence-electron chi connectivity index (χ1n) is 10.0. The van der Waals surface area contributed by atoms with Crippen LogP contribution < -0.4 is 0 Å². The number of hydrogen-bond donors (Lipinski definition) is 0. The van der Waals surface area contributed by atoms with Gasteiger partial charge in [-0.05, 0) is 43.8 Å². The molecule has 164 valence electrons. The first-order valence-corrected chi connectivity index (χ1v) is 10.0. The van der Waals surface area contributed by atoms with Gasteiger partial charge in [0.2, 0.25) is 5.89 Å². The van der Waals surface area contributed by atoms with E-state index in [-0.39, 0.29) is 18.0 Å². The predicted octanol–water partition coefficient (Wildman–Crippen LogP) is 3.72. The van der Waals surface area contributed by atoms with Gasteiger partial charge < -0.3 is 4.42 Å². The number of halogens is 3. The number of alkyl halides is 2. The molecule has 0 unspecified atom stereocenters. The minimum absolute atomic E-state index is 0.145. The normalized spacial score (nSPS) is 14.1. The van der Waals surface area contributed by atoms with Crippen LogP contribution in [0.1, 0.15) is 30.0 Å². The molecule has 0 radical (unpaired) electrons. The van der Waals surface area contributed by atoms with Crippen molar-refractivity contribution >= 4 is 0 Å². The molecule has 0 saturated carbocycles. The lowest BCUT2D eigenvalue weighted by atomic mass is 10.1. The Kier molecular flexibility index (Phi) is 5.39. The van der Waals surface area contributed by atoms with Crippen molar-refractivity contribution in [3.63, 3.8) is 0 Å². The lowest BCUT2D eigenvalue weighted by Gasteiger charge is -2.30. The molecule has 4 aromatic rings. The zero-order valence-electron chi connectivity index (χ0n) is 16.8. The van der Waals surface area contributed by atoms with E-state index in [4.69, 9.17) is 4.42 Å². The van der Waals surface area contributed by atoms with Gasteiger partial charge in [0.1, 0.15) is 11.5 Å². The van der Waals surface area contributed by atoms with Crippen LogP contribution >= 0.6 is 0 Å². The molecule has 5 rings (SSSR count). The van der Waals surface area contributed by atoms with E-state index < -0.39 is 18.1 Å². The zero-order valence-corrected chi connectivity index (χ0v) is 16.8. The average molecular weight is 441 g/mol. The van der Waals surface area contributed by atoms with Crippen LogP contribution in [0.15, 0.2) is 47.1 Å². The Hall–Kier alpha value is -3.60. The second-order valence-electron chi connectivity index (χ2n) is 7.52. The third-order valence-corrected chi connectivity index (χ3v) is 5.25. The Bertz CT molecular complexity index is 1220. The van der Waals surface area contributed by atoms with Crippen molar-refractivity contribution < 1.29 is 17.6 Å². The molecule has 1 fully saturated rings. The number of hydrogen-bond acceptors (Lipinski definition) is 7. The Labute approximate surface area is 180 Å². The van der Waals surface area contributed by atoms with Crippen molar-refractivity contribution in [1.82, 2.24) is 35.1 Å². The molecule has 0 N–H and O–H groups in total. The highest BCUT2D eigenvalue weighted by Crippen LogP contribution is 2.25. The average Bonchev–Trinajstić information content (AvgIpc) is 3.43. The predicted molar refractivity (Wildman–Crippen MR) is 107 cm³/mol. The van der Waals surface area contributed by atoms with Gasteiger partial charge >= 0.3 is 6.43 Å². The summed E-state index contributed by atoms with van der Waals surface area (Å²) in [6.45, 7) is 3.21. The number of aromatic nitrogens is 6. The van der Waals surface area contributed by atoms with Gasteiger partial charge in [-0.25, -0.2) is 9.07 Å². The Morgan fingerprint density at radius 1 is 1.00 bits per heavy atom. The first-order chi connectivity index (χ1) is 15.5. The van der Waals surface area contributed by atoms with Gasteiger partial charge in [0, 0.05) is 29.4 Å². The van der Waals surface area contributed by atoms with Gasteiger partial charge in [-0.3, -0.25) is 9.88 Å². The molecular weight excluding hydrogens is 423 g/mol. The standard InChI is InChI=1S/C21H18F3N7O/c22-17-8-13(20-27-28-21(32-20)19(23)24)2-3-15(17)10-31-12-18(26-29-31)14-4-5-16(25-9-14)11-30-6-1-7-30/h2-5,8-9,12,19H,1,6-7,10-11H2. The van der Waals surface area contributed by atoms with Crippen LogP contribution in [0.3, 0.4) is 0 Å². The SMILES string of the molecule is Fc1cc(-c2nnc(C(F)F)o2)ccc1Cn1cc(-c2ccc(CN3CCC3)nc2)nn1. The minimum atomic E-state index is -2.88. The summed E-state index contributed by atoms with van der Waals surface area (Å²) >= 11 is 0. The fraction of sp³-hybridized carbons (Fsp3) is 0.286. The third-order valence-electron chi connectivity index (χ3n) is 5.25. The molecule has 0 atom stereocenters. The van der Waals surface area contributed by atoms with E-state index in [1.165, 1.54) is 23.2 Å². The van der Waals surface area contributed by atoms with Gasteiger partial charge in [0.25, 0.3) is 5.89 Å². The lowest BCUT2D eigenvalue weighted by Crippen LogP contribution is -2.36. The maximum absolute atomic E-state index is 14.6. The second-order valence-corrected chi connectivity index (χ2v) is 7.52. The second kappa shape index (κ2) is 8.50. The van der Waals surface area contributed by atoms with E-state index >= 15 is 0 Å². The van der Waals surface area contributed by atoms with Crippen LogP contribution in [0.5, 0.6) is 0 Å². The summed E-state index contributed by atoms with van der Waals surface area (Å²) < 4.78 is 46.2. The first kappa shape index (κ1) is 20.3. The number of benzene rings is 1. The Balaban J connectivity index is 1.27. The number of likely N-dealkylation sites (tertiary alicyclic amines) is 1. The van der Waals surface area contributed by atoms with Crippen molar-refractivity contribution in [3.8, 4) is 22.7 Å². The highest BCUT2D eigenvalue weighted by Gasteiger charge is 2.18. The van der Waals surface area contributed by atoms with Crippen molar-refractivity contribution in [2.24, 2.45) is 0 Å². The van der Waals surface area contributed by atoms with Crippen molar-refractivity contribution in [2.75, 3.05) is 13.1 Å². The van der Waals surface area contributed by atoms with Crippen LogP contribution in [0.2, 0.25) is 0 Å². The molecule has 0 aliphatic carbocycles. The number of nitrogens with zero attached hydrogens (tertiary/aromatic N) is 7. The molecule has 1 aromatic carbocycles. The van der Waals surface area contributed by atoms with Gasteiger partial charge in [-0.2, -0.15) is 8.78 Å². The monoisotopic (exact) mass is 441 g/mol.